The van der Waals surface area contributed by atoms with Crippen LogP contribution < -0.4 is 14.2 Å². The number of hydrogen-bond donors (Lipinski definition) is 0. The maximum absolute atomic E-state index is 13.0. The van der Waals surface area contributed by atoms with Gasteiger partial charge in [0.05, 0.1) is 63.2 Å². The standard InChI is InChI=1S/C41H53O15P/c1-4-51-37(43)29-9-5-27(6-10-29)28-7-11-30(12-8-28)38(44)54-32-15-13-31(14-16-32)39(45)56-35-18-17-33(25-34(35)40(46)48-3)55-41(47)53-24-22-50-20-19-49-21-23-52-36(42)26(2)57/h13-18,25-30H,4-12,19-24,57H2,1-3H3. The zero-order valence-corrected chi connectivity index (χ0v) is 33.9. The van der Waals surface area contributed by atoms with E-state index in [0.717, 1.165) is 58.5 Å². The lowest BCUT2D eigenvalue weighted by Crippen LogP contribution is -2.31. The van der Waals surface area contributed by atoms with E-state index in [1.807, 2.05) is 6.92 Å². The number of hydrogen-bond acceptors (Lipinski definition) is 15. The van der Waals surface area contributed by atoms with Gasteiger partial charge < -0.3 is 42.6 Å². The van der Waals surface area contributed by atoms with Crippen LogP contribution >= 0.6 is 9.24 Å². The van der Waals surface area contributed by atoms with Crippen molar-refractivity contribution in [3.63, 3.8) is 0 Å². The SMILES string of the molecule is CCOC(=O)C1CCC(C2CCC(C(=O)Oc3ccc(C(=O)Oc4ccc(OC(=O)OCCOCCOCCOC(=O)C(C)P)cc4C(=O)OC)cc3)CC2)CC1. The molecule has 2 aromatic rings. The van der Waals surface area contributed by atoms with Gasteiger partial charge in [0.15, 0.2) is 0 Å². The lowest BCUT2D eigenvalue weighted by molar-refractivity contribution is -0.150. The van der Waals surface area contributed by atoms with E-state index in [-0.39, 0.29) is 103 Å². The predicted molar refractivity (Wildman–Crippen MR) is 206 cm³/mol. The number of ether oxygens (including phenoxy) is 9. The van der Waals surface area contributed by atoms with Crippen molar-refractivity contribution in [2.45, 2.75) is 70.9 Å². The van der Waals surface area contributed by atoms with Gasteiger partial charge in [-0.3, -0.25) is 14.4 Å². The molecule has 0 spiro atoms. The molecule has 0 aromatic heterocycles. The highest BCUT2D eigenvalue weighted by molar-refractivity contribution is 7.19. The van der Waals surface area contributed by atoms with Gasteiger partial charge in [-0.2, -0.15) is 0 Å². The Morgan fingerprint density at radius 3 is 1.74 bits per heavy atom. The molecule has 0 amide bonds. The second kappa shape index (κ2) is 23.6. The van der Waals surface area contributed by atoms with Crippen LogP contribution in [-0.4, -0.2) is 95.0 Å². The van der Waals surface area contributed by atoms with Crippen LogP contribution in [0.4, 0.5) is 4.79 Å². The highest BCUT2D eigenvalue weighted by Gasteiger charge is 2.35. The molecule has 15 nitrogen and oxygen atoms in total. The number of carbonyl (C=O) groups excluding carboxylic acids is 6. The van der Waals surface area contributed by atoms with Crippen LogP contribution in [0.1, 0.15) is 85.9 Å². The van der Waals surface area contributed by atoms with E-state index >= 15 is 0 Å². The lowest BCUT2D eigenvalue weighted by atomic mass is 9.69. The Labute approximate surface area is 334 Å². The largest absolute Gasteiger partial charge is 0.513 e. The fraction of sp³-hybridized carbons (Fsp3) is 0.561. The molecular formula is C41H53O15P. The summed E-state index contributed by atoms with van der Waals surface area (Å²) >= 11 is 0. The third kappa shape index (κ3) is 14.7. The molecule has 312 valence electrons. The van der Waals surface area contributed by atoms with E-state index in [1.54, 1.807) is 6.92 Å². The normalized spacial score (nSPS) is 19.6. The molecule has 16 heteroatoms. The quantitative estimate of drug-likeness (QED) is 0.0394. The van der Waals surface area contributed by atoms with Crippen molar-refractivity contribution in [1.82, 2.24) is 0 Å². The molecule has 2 fully saturated rings. The topological polar surface area (TPSA) is 185 Å². The van der Waals surface area contributed by atoms with Gasteiger partial charge in [0, 0.05) is 0 Å². The van der Waals surface area contributed by atoms with E-state index in [1.165, 1.54) is 42.5 Å². The van der Waals surface area contributed by atoms with Gasteiger partial charge in [0.2, 0.25) is 0 Å². The highest BCUT2D eigenvalue weighted by atomic mass is 31.0. The van der Waals surface area contributed by atoms with Gasteiger partial charge in [0.1, 0.15) is 36.0 Å². The molecule has 0 heterocycles. The molecule has 0 radical (unpaired) electrons. The molecule has 2 aliphatic carbocycles. The molecule has 0 aliphatic heterocycles. The minimum absolute atomic E-state index is 0.00296. The summed E-state index contributed by atoms with van der Waals surface area (Å²) in [5, 5.41) is 0. The summed E-state index contributed by atoms with van der Waals surface area (Å²) in [4.78, 5) is 74.2. The third-order valence-electron chi connectivity index (χ3n) is 9.90. The van der Waals surface area contributed by atoms with Gasteiger partial charge in [0.25, 0.3) is 0 Å². The first kappa shape index (κ1) is 45.1. The van der Waals surface area contributed by atoms with Crippen molar-refractivity contribution < 1.29 is 71.4 Å². The molecule has 4 rings (SSSR count). The van der Waals surface area contributed by atoms with Crippen LogP contribution in [0.5, 0.6) is 17.2 Å². The zero-order valence-electron chi connectivity index (χ0n) is 32.7. The Hall–Kier alpha value is -4.59. The Balaban J connectivity index is 1.17. The molecule has 0 saturated heterocycles. The Kier molecular flexibility index (Phi) is 18.7. The van der Waals surface area contributed by atoms with Gasteiger partial charge in [-0.15, -0.1) is 9.24 Å². The van der Waals surface area contributed by atoms with Crippen LogP contribution in [-0.2, 0) is 42.8 Å². The number of benzene rings is 2. The van der Waals surface area contributed by atoms with Crippen molar-refractivity contribution >= 4 is 45.2 Å². The van der Waals surface area contributed by atoms with E-state index in [2.05, 4.69) is 9.24 Å². The zero-order chi connectivity index (χ0) is 41.2. The van der Waals surface area contributed by atoms with Crippen molar-refractivity contribution in [3.8, 4) is 17.2 Å². The third-order valence-corrected chi connectivity index (χ3v) is 10.2. The average molecular weight is 817 g/mol. The van der Waals surface area contributed by atoms with Crippen LogP contribution in [0.15, 0.2) is 42.5 Å². The molecule has 2 atom stereocenters. The second-order valence-corrected chi connectivity index (χ2v) is 14.8. The number of esters is 5. The molecule has 0 N–H and O–H groups in total. The Morgan fingerprint density at radius 2 is 1.18 bits per heavy atom. The summed E-state index contributed by atoms with van der Waals surface area (Å²) in [6.07, 6.45) is 6.06. The minimum Gasteiger partial charge on any atom is -0.466 e. The molecule has 57 heavy (non-hydrogen) atoms. The second-order valence-electron chi connectivity index (χ2n) is 13.8. The summed E-state index contributed by atoms with van der Waals surface area (Å²) < 4.78 is 46.9. The summed E-state index contributed by atoms with van der Waals surface area (Å²) in [5.74, 6) is -1.38. The number of methoxy groups -OCH3 is 1. The van der Waals surface area contributed by atoms with Gasteiger partial charge >= 0.3 is 36.0 Å². The smallest absolute Gasteiger partial charge is 0.466 e. The van der Waals surface area contributed by atoms with Crippen molar-refractivity contribution in [2.75, 3.05) is 53.4 Å². The lowest BCUT2D eigenvalue weighted by Gasteiger charge is -2.36. The summed E-state index contributed by atoms with van der Waals surface area (Å²) in [6, 6.07) is 9.66. The molecule has 0 bridgehead atoms. The van der Waals surface area contributed by atoms with Crippen LogP contribution in [0.2, 0.25) is 0 Å². The first-order chi connectivity index (χ1) is 27.5. The van der Waals surface area contributed by atoms with Crippen molar-refractivity contribution in [1.29, 1.82) is 0 Å². The first-order valence-corrected chi connectivity index (χ1v) is 20.0. The van der Waals surface area contributed by atoms with E-state index in [9.17, 15) is 28.8 Å². The molecular weight excluding hydrogens is 763 g/mol. The summed E-state index contributed by atoms with van der Waals surface area (Å²) in [5.41, 5.74) is -0.335. The molecule has 2 aromatic carbocycles. The first-order valence-electron chi connectivity index (χ1n) is 19.3. The fourth-order valence-corrected chi connectivity index (χ4v) is 6.92. The van der Waals surface area contributed by atoms with E-state index in [0.29, 0.717) is 18.4 Å². The van der Waals surface area contributed by atoms with Gasteiger partial charge in [-0.1, -0.05) is 0 Å². The number of carbonyl (C=O) groups is 6. The van der Waals surface area contributed by atoms with Crippen LogP contribution in [0.25, 0.3) is 0 Å². The van der Waals surface area contributed by atoms with E-state index < -0.39 is 18.1 Å². The van der Waals surface area contributed by atoms with Crippen LogP contribution in [0, 0.1) is 23.7 Å². The van der Waals surface area contributed by atoms with Gasteiger partial charge in [-0.25, -0.2) is 14.4 Å². The summed E-state index contributed by atoms with van der Waals surface area (Å²) in [6.45, 7) is 4.71. The predicted octanol–water partition coefficient (Wildman–Crippen LogP) is 6.13. The minimum atomic E-state index is -1.06. The maximum atomic E-state index is 13.0. The van der Waals surface area contributed by atoms with Gasteiger partial charge in [-0.05, 0) is 120 Å². The van der Waals surface area contributed by atoms with Crippen LogP contribution in [0.3, 0.4) is 0 Å². The Morgan fingerprint density at radius 1 is 0.632 bits per heavy atom. The Bertz CT molecular complexity index is 1640. The number of rotatable bonds is 19. The molecule has 2 aliphatic rings. The maximum Gasteiger partial charge on any atom is 0.513 e. The molecule has 2 unspecified atom stereocenters. The van der Waals surface area contributed by atoms with Crippen molar-refractivity contribution in [3.05, 3.63) is 53.6 Å². The average Bonchev–Trinajstić information content (AvgIpc) is 3.22. The fourth-order valence-electron chi connectivity index (χ4n) is 6.83. The highest BCUT2D eigenvalue weighted by Crippen LogP contribution is 2.42. The van der Waals surface area contributed by atoms with E-state index in [4.69, 9.17) is 42.6 Å². The summed E-state index contributed by atoms with van der Waals surface area (Å²) in [7, 11) is 3.50. The van der Waals surface area contributed by atoms with Crippen molar-refractivity contribution in [2.24, 2.45) is 23.7 Å². The monoisotopic (exact) mass is 816 g/mol. The molecule has 2 saturated carbocycles.